The average molecular weight is 412 g/mol. The van der Waals surface area contributed by atoms with Crippen LogP contribution in [0.5, 0.6) is 0 Å². The third-order valence-electron chi connectivity index (χ3n) is 4.64. The van der Waals surface area contributed by atoms with Crippen molar-refractivity contribution in [3.63, 3.8) is 0 Å². The van der Waals surface area contributed by atoms with Crippen LogP contribution in [0, 0.1) is 0 Å². The fourth-order valence-electron chi connectivity index (χ4n) is 3.12. The molecule has 0 aliphatic rings. The summed E-state index contributed by atoms with van der Waals surface area (Å²) < 4.78 is 1.85. The molecule has 0 aliphatic carbocycles. The molecule has 7 nitrogen and oxygen atoms in total. The second kappa shape index (κ2) is 7.84. The number of amides is 1. The predicted molar refractivity (Wildman–Crippen MR) is 116 cm³/mol. The number of hydrogen-bond donors (Lipinski definition) is 1. The van der Waals surface area contributed by atoms with E-state index in [2.05, 4.69) is 25.6 Å². The smallest absolute Gasteiger partial charge is 0.256 e. The maximum atomic E-state index is 12.6. The molecule has 0 spiro atoms. The Morgan fingerprint density at radius 3 is 2.63 bits per heavy atom. The van der Waals surface area contributed by atoms with E-state index in [1.807, 2.05) is 58.6 Å². The Bertz CT molecular complexity index is 1310. The molecule has 0 fully saturated rings. The van der Waals surface area contributed by atoms with Crippen molar-refractivity contribution in [1.82, 2.24) is 25.0 Å². The lowest BCUT2D eigenvalue weighted by atomic mass is 10.1. The minimum Gasteiger partial charge on any atom is -0.306 e. The van der Waals surface area contributed by atoms with Crippen LogP contribution in [0.15, 0.2) is 78.4 Å². The quantitative estimate of drug-likeness (QED) is 0.466. The molecule has 1 amide bonds. The van der Waals surface area contributed by atoms with E-state index in [9.17, 15) is 4.79 Å². The number of benzene rings is 2. The molecule has 8 heteroatoms. The number of hydrogen-bond acceptors (Lipinski definition) is 6. The number of rotatable bonds is 5. The highest BCUT2D eigenvalue weighted by Gasteiger charge is 2.11. The third kappa shape index (κ3) is 3.68. The summed E-state index contributed by atoms with van der Waals surface area (Å²) in [4.78, 5) is 21.1. The van der Waals surface area contributed by atoms with Gasteiger partial charge in [-0.3, -0.25) is 9.78 Å². The number of thiazole rings is 1. The first-order valence-electron chi connectivity index (χ1n) is 9.31. The Balaban J connectivity index is 1.27. The molecule has 5 aromatic rings. The molecule has 0 saturated heterocycles. The summed E-state index contributed by atoms with van der Waals surface area (Å²) in [7, 11) is 0. The van der Waals surface area contributed by atoms with Gasteiger partial charge in [0.1, 0.15) is 16.3 Å². The van der Waals surface area contributed by atoms with E-state index in [4.69, 9.17) is 0 Å². The minimum atomic E-state index is -0.195. The fraction of sp³-hybridized carbons (Fsp3) is 0.0455. The Kier molecular flexibility index (Phi) is 4.74. The molecule has 0 bridgehead atoms. The Morgan fingerprint density at radius 1 is 1.00 bits per heavy atom. The van der Waals surface area contributed by atoms with Crippen LogP contribution in [0.3, 0.4) is 0 Å². The number of aromatic nitrogens is 5. The molecule has 0 unspecified atom stereocenters. The molecule has 146 valence electrons. The monoisotopic (exact) mass is 412 g/mol. The zero-order valence-corrected chi connectivity index (χ0v) is 16.6. The molecular formula is C22H16N6OS. The van der Waals surface area contributed by atoms with Gasteiger partial charge >= 0.3 is 0 Å². The SMILES string of the molecule is O=C(Nc1csc(-c2ccncc2)n1)c1ccc(Cn2nnc3ccccc32)cc1. The van der Waals surface area contributed by atoms with Crippen LogP contribution < -0.4 is 5.32 Å². The van der Waals surface area contributed by atoms with Gasteiger partial charge in [0.25, 0.3) is 5.91 Å². The van der Waals surface area contributed by atoms with Crippen LogP contribution in [0.1, 0.15) is 15.9 Å². The van der Waals surface area contributed by atoms with Gasteiger partial charge in [0.2, 0.25) is 0 Å². The van der Waals surface area contributed by atoms with Gasteiger partial charge in [-0.05, 0) is 42.0 Å². The Morgan fingerprint density at radius 2 is 1.80 bits per heavy atom. The number of nitrogens with zero attached hydrogens (tertiary/aromatic N) is 5. The number of pyridine rings is 1. The van der Waals surface area contributed by atoms with Crippen molar-refractivity contribution in [2.75, 3.05) is 5.32 Å². The van der Waals surface area contributed by atoms with Crippen molar-refractivity contribution in [3.8, 4) is 10.6 Å². The molecule has 0 aliphatic heterocycles. The fourth-order valence-corrected chi connectivity index (χ4v) is 3.87. The van der Waals surface area contributed by atoms with Gasteiger partial charge in [-0.25, -0.2) is 9.67 Å². The first kappa shape index (κ1) is 18.1. The molecule has 5 rings (SSSR count). The molecule has 3 heterocycles. The largest absolute Gasteiger partial charge is 0.306 e. The van der Waals surface area contributed by atoms with Gasteiger partial charge < -0.3 is 5.32 Å². The molecule has 1 N–H and O–H groups in total. The first-order valence-corrected chi connectivity index (χ1v) is 10.2. The molecule has 0 saturated carbocycles. The van der Waals surface area contributed by atoms with Crippen LogP contribution in [0.25, 0.3) is 21.6 Å². The second-order valence-electron chi connectivity index (χ2n) is 6.66. The summed E-state index contributed by atoms with van der Waals surface area (Å²) in [6.07, 6.45) is 3.44. The van der Waals surface area contributed by atoms with Gasteiger partial charge in [-0.1, -0.05) is 29.5 Å². The Labute approximate surface area is 176 Å². The van der Waals surface area contributed by atoms with E-state index in [1.54, 1.807) is 24.5 Å². The van der Waals surface area contributed by atoms with Gasteiger partial charge in [0, 0.05) is 28.9 Å². The summed E-state index contributed by atoms with van der Waals surface area (Å²) in [5.74, 6) is 0.342. The highest BCUT2D eigenvalue weighted by atomic mass is 32.1. The summed E-state index contributed by atoms with van der Waals surface area (Å²) >= 11 is 1.48. The van der Waals surface area contributed by atoms with Crippen molar-refractivity contribution >= 4 is 34.1 Å². The highest BCUT2D eigenvalue weighted by Crippen LogP contribution is 2.25. The average Bonchev–Trinajstić information content (AvgIpc) is 3.42. The summed E-state index contributed by atoms with van der Waals surface area (Å²) in [5.41, 5.74) is 4.42. The number of carbonyl (C=O) groups excluding carboxylic acids is 1. The predicted octanol–water partition coefficient (Wildman–Crippen LogP) is 4.25. The summed E-state index contributed by atoms with van der Waals surface area (Å²) in [6, 6.07) is 19.1. The van der Waals surface area contributed by atoms with Crippen molar-refractivity contribution in [2.24, 2.45) is 0 Å². The summed E-state index contributed by atoms with van der Waals surface area (Å²) in [6.45, 7) is 0.587. The number of para-hydroxylation sites is 1. The highest BCUT2D eigenvalue weighted by molar-refractivity contribution is 7.13. The van der Waals surface area contributed by atoms with Crippen molar-refractivity contribution in [2.45, 2.75) is 6.54 Å². The lowest BCUT2D eigenvalue weighted by Gasteiger charge is -2.05. The second-order valence-corrected chi connectivity index (χ2v) is 7.52. The van der Waals surface area contributed by atoms with Crippen LogP contribution >= 0.6 is 11.3 Å². The van der Waals surface area contributed by atoms with Crippen LogP contribution in [-0.4, -0.2) is 30.9 Å². The van der Waals surface area contributed by atoms with E-state index in [1.165, 1.54) is 11.3 Å². The van der Waals surface area contributed by atoms with E-state index >= 15 is 0 Å². The first-order chi connectivity index (χ1) is 14.8. The van der Waals surface area contributed by atoms with Crippen LogP contribution in [0.4, 0.5) is 5.82 Å². The van der Waals surface area contributed by atoms with Crippen LogP contribution in [-0.2, 0) is 6.54 Å². The van der Waals surface area contributed by atoms with Gasteiger partial charge in [-0.2, -0.15) is 0 Å². The zero-order valence-electron chi connectivity index (χ0n) is 15.8. The minimum absolute atomic E-state index is 0.195. The van der Waals surface area contributed by atoms with E-state index in [0.717, 1.165) is 27.2 Å². The van der Waals surface area contributed by atoms with E-state index < -0.39 is 0 Å². The molecule has 30 heavy (non-hydrogen) atoms. The molecule has 2 aromatic carbocycles. The van der Waals surface area contributed by atoms with Gasteiger partial charge in [0.15, 0.2) is 0 Å². The maximum absolute atomic E-state index is 12.6. The topological polar surface area (TPSA) is 85.6 Å². The molecule has 0 radical (unpaired) electrons. The number of nitrogens with one attached hydrogen (secondary N) is 1. The maximum Gasteiger partial charge on any atom is 0.256 e. The number of fused-ring (bicyclic) bond motifs is 1. The van der Waals surface area contributed by atoms with Gasteiger partial charge in [0.05, 0.1) is 12.1 Å². The standard InChI is InChI=1S/C22H16N6OS/c29-21(24-20-14-30-22(25-20)17-9-11-23-12-10-17)16-7-5-15(6-8-16)13-28-19-4-2-1-3-18(19)26-27-28/h1-12,14H,13H2,(H,24,29). The third-order valence-corrected chi connectivity index (χ3v) is 5.53. The normalized spacial score (nSPS) is 10.9. The lowest BCUT2D eigenvalue weighted by Crippen LogP contribution is -2.12. The zero-order chi connectivity index (χ0) is 20.3. The van der Waals surface area contributed by atoms with Crippen molar-refractivity contribution < 1.29 is 4.79 Å². The van der Waals surface area contributed by atoms with Gasteiger partial charge in [-0.15, -0.1) is 16.4 Å². The molecule has 0 atom stereocenters. The lowest BCUT2D eigenvalue weighted by molar-refractivity contribution is 0.102. The molecule has 3 aromatic heterocycles. The number of carbonyl (C=O) groups is 1. The van der Waals surface area contributed by atoms with Crippen molar-refractivity contribution in [3.05, 3.63) is 89.6 Å². The summed E-state index contributed by atoms with van der Waals surface area (Å²) in [5, 5.41) is 13.9. The Hall–Kier alpha value is -3.91. The molecular weight excluding hydrogens is 396 g/mol. The van der Waals surface area contributed by atoms with Crippen LogP contribution in [0.2, 0.25) is 0 Å². The number of anilines is 1. The van der Waals surface area contributed by atoms with E-state index in [-0.39, 0.29) is 5.91 Å². The van der Waals surface area contributed by atoms with E-state index in [0.29, 0.717) is 17.9 Å². The van der Waals surface area contributed by atoms with Crippen molar-refractivity contribution in [1.29, 1.82) is 0 Å².